The van der Waals surface area contributed by atoms with Crippen molar-refractivity contribution >= 4 is 28.5 Å². The number of amides is 1. The molecule has 0 unspecified atom stereocenters. The summed E-state index contributed by atoms with van der Waals surface area (Å²) in [4.78, 5) is 21.2. The van der Waals surface area contributed by atoms with Gasteiger partial charge in [0.15, 0.2) is 5.17 Å². The molecule has 2 aliphatic heterocycles. The summed E-state index contributed by atoms with van der Waals surface area (Å²) in [5.74, 6) is -0.483. The lowest BCUT2D eigenvalue weighted by Crippen LogP contribution is -2.55. The van der Waals surface area contributed by atoms with Gasteiger partial charge in [0.05, 0.1) is 24.9 Å². The molecular weight excluding hydrogens is 421 g/mol. The minimum atomic E-state index is -1.05. The highest BCUT2D eigenvalue weighted by Crippen LogP contribution is 2.46. The summed E-state index contributed by atoms with van der Waals surface area (Å²) in [7, 11) is 1.59. The number of halogens is 1. The standard InChI is InChI=1S/C21H20FN5O3S/c1-29-18-9-30-11-21(15(18)10-31-20(24)27-21)14-6-13(3-4-16(14)22)26-19(28)17-5-2-12(7-23)8-25-17/h2-6,8,15,18H,9-11H2,1H3,(H2,24,27)(H,26,28)/t15-,18+,21-/m1/s1. The number of rotatable bonds is 4. The van der Waals surface area contributed by atoms with Crippen LogP contribution in [0, 0.1) is 23.1 Å². The zero-order chi connectivity index (χ0) is 22.0. The van der Waals surface area contributed by atoms with Gasteiger partial charge in [-0.2, -0.15) is 5.26 Å². The van der Waals surface area contributed by atoms with E-state index in [1.165, 1.54) is 42.2 Å². The average molecular weight is 441 g/mol. The SMILES string of the molecule is CO[C@H]1COC[C@]2(c3cc(NC(=O)c4ccc(C#N)cn4)ccc3F)N=C(N)SC[C@H]12. The van der Waals surface area contributed by atoms with Crippen LogP contribution in [0.4, 0.5) is 10.1 Å². The summed E-state index contributed by atoms with van der Waals surface area (Å²) in [5, 5.41) is 11.9. The zero-order valence-corrected chi connectivity index (χ0v) is 17.5. The first-order valence-electron chi connectivity index (χ1n) is 9.53. The number of carbonyl (C=O) groups is 1. The molecule has 3 N–H and O–H groups in total. The number of carbonyl (C=O) groups excluding carboxylic acids is 1. The molecule has 160 valence electrons. The van der Waals surface area contributed by atoms with Crippen molar-refractivity contribution in [2.75, 3.05) is 31.4 Å². The third-order valence-corrected chi connectivity index (χ3v) is 6.42. The van der Waals surface area contributed by atoms with Gasteiger partial charge in [-0.05, 0) is 30.3 Å². The molecule has 31 heavy (non-hydrogen) atoms. The molecule has 0 spiro atoms. The fraction of sp³-hybridized carbons (Fsp3) is 0.333. The molecule has 2 aliphatic rings. The van der Waals surface area contributed by atoms with Crippen molar-refractivity contribution < 1.29 is 18.7 Å². The highest BCUT2D eigenvalue weighted by molar-refractivity contribution is 8.13. The molecule has 1 aromatic carbocycles. The number of anilines is 1. The lowest BCUT2D eigenvalue weighted by molar-refractivity contribution is -0.102. The van der Waals surface area contributed by atoms with Crippen LogP contribution in [0.1, 0.15) is 21.6 Å². The Kier molecular flexibility index (Phi) is 5.91. The molecule has 3 atom stereocenters. The molecule has 4 rings (SSSR count). The number of thioether (sulfide) groups is 1. The Morgan fingerprint density at radius 2 is 2.29 bits per heavy atom. The number of aliphatic imine (C=N–C) groups is 1. The van der Waals surface area contributed by atoms with Crippen LogP contribution in [0.2, 0.25) is 0 Å². The second kappa shape index (κ2) is 8.63. The van der Waals surface area contributed by atoms with Gasteiger partial charge in [0.25, 0.3) is 5.91 Å². The van der Waals surface area contributed by atoms with Gasteiger partial charge >= 0.3 is 0 Å². The topological polar surface area (TPSA) is 123 Å². The number of hydrogen-bond donors (Lipinski definition) is 2. The number of fused-ring (bicyclic) bond motifs is 1. The number of nitrogens with one attached hydrogen (secondary N) is 1. The predicted octanol–water partition coefficient (Wildman–Crippen LogP) is 2.26. The third-order valence-electron chi connectivity index (χ3n) is 5.51. The van der Waals surface area contributed by atoms with Crippen molar-refractivity contribution in [1.29, 1.82) is 5.26 Å². The molecule has 1 aromatic heterocycles. The first-order valence-corrected chi connectivity index (χ1v) is 10.5. The van der Waals surface area contributed by atoms with E-state index in [0.717, 1.165) is 0 Å². The smallest absolute Gasteiger partial charge is 0.274 e. The normalized spacial score (nSPS) is 25.1. The fourth-order valence-electron chi connectivity index (χ4n) is 3.92. The Balaban J connectivity index is 1.69. The summed E-state index contributed by atoms with van der Waals surface area (Å²) in [6.45, 7) is 0.547. The minimum Gasteiger partial charge on any atom is -0.379 e. The Hall–Kier alpha value is -3.00. The number of hydrogen-bond acceptors (Lipinski definition) is 8. The molecule has 1 amide bonds. The maximum absolute atomic E-state index is 15.1. The van der Waals surface area contributed by atoms with Gasteiger partial charge in [-0.1, -0.05) is 11.8 Å². The largest absolute Gasteiger partial charge is 0.379 e. The van der Waals surface area contributed by atoms with Gasteiger partial charge in [-0.3, -0.25) is 4.79 Å². The molecule has 2 aromatic rings. The predicted molar refractivity (Wildman–Crippen MR) is 114 cm³/mol. The van der Waals surface area contributed by atoms with E-state index >= 15 is 4.39 Å². The second-order valence-corrected chi connectivity index (χ2v) is 8.31. The van der Waals surface area contributed by atoms with E-state index in [1.807, 2.05) is 6.07 Å². The lowest BCUT2D eigenvalue weighted by Gasteiger charge is -2.47. The van der Waals surface area contributed by atoms with Crippen LogP contribution in [0.25, 0.3) is 0 Å². The Bertz CT molecular complexity index is 1070. The van der Waals surface area contributed by atoms with E-state index in [9.17, 15) is 4.79 Å². The number of amidine groups is 1. The minimum absolute atomic E-state index is 0.137. The van der Waals surface area contributed by atoms with Crippen LogP contribution in [0.3, 0.4) is 0 Å². The van der Waals surface area contributed by atoms with Gasteiger partial charge in [0, 0.05) is 36.2 Å². The van der Waals surface area contributed by atoms with Crippen molar-refractivity contribution in [3.05, 3.63) is 59.2 Å². The van der Waals surface area contributed by atoms with Crippen LogP contribution >= 0.6 is 11.8 Å². The summed E-state index contributed by atoms with van der Waals surface area (Å²) < 4.78 is 26.4. The van der Waals surface area contributed by atoms with Gasteiger partial charge in [-0.25, -0.2) is 14.4 Å². The van der Waals surface area contributed by atoms with Crippen molar-refractivity contribution in [2.24, 2.45) is 16.6 Å². The monoisotopic (exact) mass is 441 g/mol. The molecule has 1 fully saturated rings. The maximum atomic E-state index is 15.1. The number of benzene rings is 1. The first-order chi connectivity index (χ1) is 15.0. The number of aromatic nitrogens is 1. The molecular formula is C21H20FN5O3S. The van der Waals surface area contributed by atoms with Crippen molar-refractivity contribution in [3.8, 4) is 6.07 Å². The average Bonchev–Trinajstić information content (AvgIpc) is 2.79. The maximum Gasteiger partial charge on any atom is 0.274 e. The van der Waals surface area contributed by atoms with Crippen LogP contribution in [0.5, 0.6) is 0 Å². The van der Waals surface area contributed by atoms with Crippen LogP contribution in [-0.4, -0.2) is 48.2 Å². The number of pyridine rings is 1. The van der Waals surface area contributed by atoms with Gasteiger partial charge in [0.2, 0.25) is 0 Å². The van der Waals surface area contributed by atoms with E-state index in [-0.39, 0.29) is 29.9 Å². The number of nitrogens with zero attached hydrogens (tertiary/aromatic N) is 3. The molecule has 10 heteroatoms. The van der Waals surface area contributed by atoms with E-state index in [1.54, 1.807) is 13.2 Å². The molecule has 0 bridgehead atoms. The summed E-state index contributed by atoms with van der Waals surface area (Å²) in [6, 6.07) is 9.21. The molecule has 0 radical (unpaired) electrons. The number of nitrogens with two attached hydrogens (primary N) is 1. The first kappa shape index (κ1) is 21.2. The molecule has 1 saturated heterocycles. The highest BCUT2D eigenvalue weighted by Gasteiger charge is 2.51. The summed E-state index contributed by atoms with van der Waals surface area (Å²) in [6.07, 6.45) is 1.05. The van der Waals surface area contributed by atoms with Gasteiger partial charge in [0.1, 0.15) is 23.1 Å². The van der Waals surface area contributed by atoms with Crippen molar-refractivity contribution in [3.63, 3.8) is 0 Å². The fourth-order valence-corrected chi connectivity index (χ4v) is 4.99. The van der Waals surface area contributed by atoms with Crippen molar-refractivity contribution in [2.45, 2.75) is 11.6 Å². The van der Waals surface area contributed by atoms with E-state index in [2.05, 4.69) is 15.3 Å². The Morgan fingerprint density at radius 3 is 3.00 bits per heavy atom. The van der Waals surface area contributed by atoms with E-state index in [0.29, 0.717) is 28.8 Å². The lowest BCUT2D eigenvalue weighted by atomic mass is 9.75. The third kappa shape index (κ3) is 3.99. The van der Waals surface area contributed by atoms with Crippen LogP contribution in [0.15, 0.2) is 41.5 Å². The Morgan fingerprint density at radius 1 is 1.45 bits per heavy atom. The Labute approximate surface area is 182 Å². The molecule has 3 heterocycles. The zero-order valence-electron chi connectivity index (χ0n) is 16.7. The van der Waals surface area contributed by atoms with E-state index < -0.39 is 17.3 Å². The van der Waals surface area contributed by atoms with E-state index in [4.69, 9.17) is 20.5 Å². The number of ether oxygens (including phenoxy) is 2. The summed E-state index contributed by atoms with van der Waals surface area (Å²) in [5.41, 5.74) is 6.12. The number of methoxy groups -OCH3 is 1. The summed E-state index contributed by atoms with van der Waals surface area (Å²) >= 11 is 1.41. The number of nitriles is 1. The quantitative estimate of drug-likeness (QED) is 0.746. The molecule has 0 aliphatic carbocycles. The van der Waals surface area contributed by atoms with Gasteiger partial charge in [-0.15, -0.1) is 0 Å². The van der Waals surface area contributed by atoms with Crippen LogP contribution in [-0.2, 0) is 15.0 Å². The molecule has 8 nitrogen and oxygen atoms in total. The molecule has 0 saturated carbocycles. The second-order valence-electron chi connectivity index (χ2n) is 7.27. The van der Waals surface area contributed by atoms with Crippen LogP contribution < -0.4 is 11.1 Å². The highest BCUT2D eigenvalue weighted by atomic mass is 32.2. The van der Waals surface area contributed by atoms with Gasteiger partial charge < -0.3 is 20.5 Å². The van der Waals surface area contributed by atoms with Crippen molar-refractivity contribution in [1.82, 2.24) is 4.98 Å².